The van der Waals surface area contributed by atoms with Gasteiger partial charge in [-0.1, -0.05) is 0 Å². The summed E-state index contributed by atoms with van der Waals surface area (Å²) in [6.07, 6.45) is 7.24. The fourth-order valence-corrected chi connectivity index (χ4v) is 36.2. The second kappa shape index (κ2) is 15.5. The van der Waals surface area contributed by atoms with Crippen LogP contribution >= 0.6 is 0 Å². The number of hydrogen-bond acceptors (Lipinski definition) is 3. The van der Waals surface area contributed by atoms with Crippen molar-refractivity contribution in [3.8, 4) is 0 Å². The first-order chi connectivity index (χ1) is 10.0. The van der Waals surface area contributed by atoms with Crippen LogP contribution in [0.1, 0.15) is 73.1 Å². The summed E-state index contributed by atoms with van der Waals surface area (Å²) in [5.74, 6) is -0.110. The van der Waals surface area contributed by atoms with E-state index in [1.54, 1.807) is 6.92 Å². The molecule has 0 fully saturated rings. The van der Waals surface area contributed by atoms with Crippen molar-refractivity contribution < 1.29 is 14.8 Å². The Hall–Kier alpha value is 0.987. The maximum absolute atomic E-state index is 11.6. The molecule has 0 saturated heterocycles. The maximum atomic E-state index is 11.6. The van der Waals surface area contributed by atoms with E-state index in [2.05, 4.69) is 27.7 Å². The third-order valence-electron chi connectivity index (χ3n) is 3.54. The van der Waals surface area contributed by atoms with E-state index in [9.17, 15) is 4.79 Å². The van der Waals surface area contributed by atoms with Gasteiger partial charge in [-0.25, -0.2) is 0 Å². The zero-order valence-corrected chi connectivity index (χ0v) is 21.0. The quantitative estimate of drug-likeness (QED) is 0.327. The molecule has 0 aromatic carbocycles. The number of rotatable bonds is 13. The molecule has 0 aliphatic carbocycles. The summed E-state index contributed by atoms with van der Waals surface area (Å²) in [5.41, 5.74) is 0. The fourth-order valence-electron chi connectivity index (χ4n) is 2.61. The van der Waals surface area contributed by atoms with Crippen LogP contribution in [0.5, 0.6) is 0 Å². The van der Waals surface area contributed by atoms with Crippen LogP contribution in [-0.2, 0) is 9.28 Å². The van der Waals surface area contributed by atoms with Crippen LogP contribution in [0.3, 0.4) is 0 Å². The summed E-state index contributed by atoms with van der Waals surface area (Å²) in [7, 11) is 0. The molecule has 0 aromatic rings. The molecule has 2 N–H and O–H groups in total. The third kappa shape index (κ3) is 11.5. The third-order valence-corrected chi connectivity index (χ3v) is 32.4. The van der Waals surface area contributed by atoms with Crippen LogP contribution in [0.4, 0.5) is 0 Å². The predicted octanol–water partition coefficient (Wildman–Crippen LogP) is 4.60. The smallest absolute Gasteiger partial charge is 0.412 e. The molecule has 0 bridgehead atoms. The molecule has 0 rings (SSSR count). The topological polar surface area (TPSA) is 67.0 Å². The first-order valence-electron chi connectivity index (χ1n) is 8.76. The largest absolute Gasteiger partial charge is 0.412 e. The average molecular weight is 531 g/mol. The van der Waals surface area contributed by atoms with Crippen LogP contribution in [-0.4, -0.2) is 50.8 Å². The molecule has 0 aliphatic heterocycles. The fraction of sp³-hybridized carbons (Fsp3) is 0.938. The van der Waals surface area contributed by atoms with E-state index < -0.39 is 39.4 Å². The molecule has 0 amide bonds. The van der Waals surface area contributed by atoms with E-state index in [4.69, 9.17) is 4.49 Å². The van der Waals surface area contributed by atoms with E-state index >= 15 is 0 Å². The van der Waals surface area contributed by atoms with Crippen molar-refractivity contribution in [3.05, 3.63) is 0 Å². The van der Waals surface area contributed by atoms with Gasteiger partial charge in [-0.15, -0.1) is 0 Å². The summed E-state index contributed by atoms with van der Waals surface area (Å²) in [4.78, 5) is 11.6. The summed E-state index contributed by atoms with van der Waals surface area (Å²) >= 11 is -4.96. The monoisotopic (exact) mass is 533 g/mol. The Balaban J connectivity index is 0. The minimum atomic E-state index is -3.14. The van der Waals surface area contributed by atoms with Crippen LogP contribution in [0.2, 0.25) is 17.7 Å². The molecule has 0 saturated carbocycles. The van der Waals surface area contributed by atoms with Gasteiger partial charge in [0.25, 0.3) is 0 Å². The Morgan fingerprint density at radius 1 is 0.909 bits per heavy atom. The zero-order chi connectivity index (χ0) is 16.1. The summed E-state index contributed by atoms with van der Waals surface area (Å²) < 4.78 is 17.4. The number of carbonyl (C=O) groups is 1. The van der Waals surface area contributed by atoms with E-state index in [-0.39, 0.29) is 11.4 Å². The van der Waals surface area contributed by atoms with Crippen LogP contribution < -0.4 is 0 Å². The molecular formula is C16H37O4Sn2. The molecule has 0 aliphatic rings. The second-order valence-corrected chi connectivity index (χ2v) is 24.9. The van der Waals surface area contributed by atoms with E-state index in [0.29, 0.717) is 0 Å². The number of unbranched alkanes of at least 4 members (excludes halogenated alkanes) is 2. The normalized spacial score (nSPS) is 11.4. The van der Waals surface area contributed by atoms with Gasteiger partial charge >= 0.3 is 146 Å². The molecule has 22 heavy (non-hydrogen) atoms. The first kappa shape index (κ1) is 25.2. The average Bonchev–Trinajstić information content (AvgIpc) is 2.41. The molecular weight excluding hydrogens is 494 g/mol. The zero-order valence-electron chi connectivity index (χ0n) is 15.3. The van der Waals surface area contributed by atoms with Gasteiger partial charge in [0.2, 0.25) is 0 Å². The Morgan fingerprint density at radius 3 is 1.68 bits per heavy atom. The van der Waals surface area contributed by atoms with Crippen molar-refractivity contribution in [1.29, 1.82) is 0 Å². The molecule has 0 aromatic heterocycles. The van der Waals surface area contributed by atoms with Gasteiger partial charge in [-0.3, -0.25) is 0 Å². The van der Waals surface area contributed by atoms with Crippen molar-refractivity contribution in [3.63, 3.8) is 0 Å². The summed E-state index contributed by atoms with van der Waals surface area (Å²) in [5, 5.41) is 0. The molecule has 0 spiro atoms. The van der Waals surface area contributed by atoms with E-state index in [1.807, 2.05) is 0 Å². The van der Waals surface area contributed by atoms with Crippen molar-refractivity contribution >= 4 is 45.3 Å². The Bertz CT molecular complexity index is 261. The molecule has 0 heterocycles. The van der Waals surface area contributed by atoms with Gasteiger partial charge in [0.15, 0.2) is 0 Å². The first-order valence-corrected chi connectivity index (χ1v) is 20.3. The molecule has 0 unspecified atom stereocenters. The van der Waals surface area contributed by atoms with Crippen LogP contribution in [0.15, 0.2) is 0 Å². The Labute approximate surface area is 150 Å². The number of hydrogen-bond donors (Lipinski definition) is 0. The van der Waals surface area contributed by atoms with Gasteiger partial charge < -0.3 is 5.48 Å². The van der Waals surface area contributed by atoms with Crippen LogP contribution in [0.25, 0.3) is 0 Å². The van der Waals surface area contributed by atoms with Crippen molar-refractivity contribution in [2.24, 2.45) is 0 Å². The molecule has 6 heteroatoms. The molecule has 1 radical (unpaired) electrons. The van der Waals surface area contributed by atoms with Crippen molar-refractivity contribution in [2.75, 3.05) is 0 Å². The second-order valence-electron chi connectivity index (χ2n) is 5.85. The van der Waals surface area contributed by atoms with E-state index in [1.165, 1.54) is 34.6 Å². The van der Waals surface area contributed by atoms with Crippen molar-refractivity contribution in [1.82, 2.24) is 0 Å². The Morgan fingerprint density at radius 2 is 1.36 bits per heavy atom. The minimum Gasteiger partial charge on any atom is -0.412 e. The maximum Gasteiger partial charge on any atom is -0.412 e. The van der Waals surface area contributed by atoms with Gasteiger partial charge in [-0.2, -0.15) is 0 Å². The predicted molar refractivity (Wildman–Crippen MR) is 97.6 cm³/mol. The SMILES string of the molecule is CCC[CH2][Sn]([CH2]CCC)[O][Sn]([CH2]CC)([CH2]CC)[O]C(C)=O.O. The summed E-state index contributed by atoms with van der Waals surface area (Å²) in [6, 6.07) is 0. The van der Waals surface area contributed by atoms with E-state index in [0.717, 1.165) is 21.7 Å². The molecule has 133 valence electrons. The summed E-state index contributed by atoms with van der Waals surface area (Å²) in [6.45, 7) is 10.4. The molecule has 0 atom stereocenters. The van der Waals surface area contributed by atoms with Crippen LogP contribution in [0, 0.1) is 0 Å². The van der Waals surface area contributed by atoms with Gasteiger partial charge in [-0.05, 0) is 0 Å². The number of carbonyl (C=O) groups excluding carboxylic acids is 1. The molecule has 4 nitrogen and oxygen atoms in total. The minimum absolute atomic E-state index is 0. The standard InChI is InChI=1S/2C4H9.2C3H7.C2H4O2.H2O.O.2Sn/c2*1-3-4-2;2*1-3-2;1-2(3)4;;;;/h2*1,3-4H2,2H3;2*1,3H2,2H3;1H3,(H,3,4);1H2;;;/q;;;;;;;;+1/p-1. The Kier molecular flexibility index (Phi) is 17.8. The van der Waals surface area contributed by atoms with Crippen molar-refractivity contribution in [2.45, 2.75) is 90.9 Å². The van der Waals surface area contributed by atoms with Gasteiger partial charge in [0, 0.05) is 0 Å². The van der Waals surface area contributed by atoms with Gasteiger partial charge in [0.05, 0.1) is 0 Å². The van der Waals surface area contributed by atoms with Gasteiger partial charge in [0.1, 0.15) is 0 Å².